The minimum absolute atomic E-state index is 0.403. The van der Waals surface area contributed by atoms with Gasteiger partial charge in [0.1, 0.15) is 0 Å². The monoisotopic (exact) mass is 225 g/mol. The van der Waals surface area contributed by atoms with E-state index in [1.807, 2.05) is 0 Å². The minimum Gasteiger partial charge on any atom is -0.448 e. The van der Waals surface area contributed by atoms with Crippen molar-refractivity contribution in [2.45, 2.75) is 19.3 Å². The molecule has 78 valence electrons. The summed E-state index contributed by atoms with van der Waals surface area (Å²) in [6.07, 6.45) is 2.27. The largest absolute Gasteiger partial charge is 0.448 e. The Balaban J connectivity index is 3.12. The molecule has 0 aliphatic heterocycles. The van der Waals surface area contributed by atoms with E-state index < -0.39 is 6.09 Å². The van der Waals surface area contributed by atoms with Crippen LogP contribution in [-0.4, -0.2) is 30.1 Å². The number of rotatable bonds is 6. The van der Waals surface area contributed by atoms with Crippen LogP contribution in [0.2, 0.25) is 0 Å². The number of methoxy groups -OCH3 is 1. The molecule has 0 aromatic heterocycles. The van der Waals surface area contributed by atoms with Crippen molar-refractivity contribution in [2.75, 3.05) is 20.3 Å². The van der Waals surface area contributed by atoms with Gasteiger partial charge < -0.3 is 9.47 Å². The van der Waals surface area contributed by atoms with Crippen LogP contribution >= 0.6 is 25.6 Å². The summed E-state index contributed by atoms with van der Waals surface area (Å²) in [5, 5.41) is 0. The average Bonchev–Trinajstić information content (AvgIpc) is 2.10. The lowest BCUT2D eigenvalue weighted by Crippen LogP contribution is -2.14. The molecule has 13 heavy (non-hydrogen) atoms. The van der Waals surface area contributed by atoms with Crippen LogP contribution in [0.3, 0.4) is 0 Å². The van der Waals surface area contributed by atoms with Crippen molar-refractivity contribution < 1.29 is 14.3 Å². The Morgan fingerprint density at radius 3 is 2.38 bits per heavy atom. The van der Waals surface area contributed by atoms with Crippen LogP contribution in [0.4, 0.5) is 4.79 Å². The van der Waals surface area contributed by atoms with Gasteiger partial charge in [0.2, 0.25) is 0 Å². The Labute approximate surface area is 89.7 Å². The molecule has 4 nitrogen and oxygen atoms in total. The number of unbranched alkanes of at least 4 members (excludes halogenated alkanes) is 2. The highest BCUT2D eigenvalue weighted by molar-refractivity contribution is 7.94. The molecule has 0 spiro atoms. The first-order valence-corrected chi connectivity index (χ1v) is 4.82. The number of ether oxygens (including phenoxy) is 2. The van der Waals surface area contributed by atoms with E-state index in [0.29, 0.717) is 6.61 Å². The van der Waals surface area contributed by atoms with Crippen molar-refractivity contribution in [2.24, 2.45) is 0 Å². The van der Waals surface area contributed by atoms with Gasteiger partial charge in [-0.1, -0.05) is 0 Å². The van der Waals surface area contributed by atoms with Gasteiger partial charge in [0.05, 0.1) is 6.61 Å². The zero-order valence-corrected chi connectivity index (χ0v) is 9.39. The third-order valence-electron chi connectivity index (χ3n) is 1.38. The van der Waals surface area contributed by atoms with Crippen LogP contribution in [0.5, 0.6) is 0 Å². The highest BCUT2D eigenvalue weighted by Gasteiger charge is 2.04. The van der Waals surface area contributed by atoms with Crippen molar-refractivity contribution >= 4 is 31.7 Å². The Kier molecular flexibility index (Phi) is 8.48. The zero-order chi connectivity index (χ0) is 10.1. The fourth-order valence-corrected chi connectivity index (χ4v) is 0.858. The van der Waals surface area contributed by atoms with Crippen LogP contribution in [-0.2, 0) is 9.47 Å². The smallest absolute Gasteiger partial charge is 0.429 e. The normalized spacial score (nSPS) is 9.77. The summed E-state index contributed by atoms with van der Waals surface area (Å²) in [5.74, 6) is 0. The predicted octanol–water partition coefficient (Wildman–Crippen LogP) is 1.93. The molecule has 0 N–H and O–H groups in total. The number of thiol groups is 2. The molecular formula is C7H15NO3S2. The van der Waals surface area contributed by atoms with Crippen molar-refractivity contribution in [1.82, 2.24) is 3.71 Å². The van der Waals surface area contributed by atoms with E-state index in [1.54, 1.807) is 7.11 Å². The van der Waals surface area contributed by atoms with Crippen molar-refractivity contribution in [3.8, 4) is 0 Å². The van der Waals surface area contributed by atoms with Crippen LogP contribution in [0, 0.1) is 0 Å². The number of hydrogen-bond donors (Lipinski definition) is 2. The molecular weight excluding hydrogens is 210 g/mol. The summed E-state index contributed by atoms with van der Waals surface area (Å²) < 4.78 is 10.5. The summed E-state index contributed by atoms with van der Waals surface area (Å²) >= 11 is 7.31. The number of nitrogens with zero attached hydrogens (tertiary/aromatic N) is 1. The van der Waals surface area contributed by atoms with Gasteiger partial charge in [-0.3, -0.25) is 0 Å². The summed E-state index contributed by atoms with van der Waals surface area (Å²) in [4.78, 5) is 10.8. The molecule has 0 atom stereocenters. The lowest BCUT2D eigenvalue weighted by Gasteiger charge is -2.07. The maximum atomic E-state index is 10.8. The second kappa shape index (κ2) is 8.52. The molecule has 0 saturated heterocycles. The third kappa shape index (κ3) is 8.27. The summed E-state index contributed by atoms with van der Waals surface area (Å²) in [6, 6.07) is 0. The van der Waals surface area contributed by atoms with Crippen LogP contribution in [0.25, 0.3) is 0 Å². The van der Waals surface area contributed by atoms with E-state index >= 15 is 0 Å². The second-order valence-corrected chi connectivity index (χ2v) is 3.57. The lowest BCUT2D eigenvalue weighted by atomic mass is 10.2. The standard InChI is InChI=1S/C7H15NO3S2/c1-10-5-3-2-4-6-11-7(9)8(12)13/h12-13H,2-6H2,1H3. The first-order valence-electron chi connectivity index (χ1n) is 4.02. The fourth-order valence-electron chi connectivity index (χ4n) is 0.742. The maximum absolute atomic E-state index is 10.8. The zero-order valence-electron chi connectivity index (χ0n) is 7.60. The number of hydrogen-bond acceptors (Lipinski definition) is 5. The maximum Gasteiger partial charge on any atom is 0.429 e. The molecule has 0 heterocycles. The van der Waals surface area contributed by atoms with Crippen molar-refractivity contribution in [3.63, 3.8) is 0 Å². The molecule has 0 aromatic rings. The van der Waals surface area contributed by atoms with Gasteiger partial charge >= 0.3 is 6.09 Å². The molecule has 0 aliphatic carbocycles. The van der Waals surface area contributed by atoms with Crippen LogP contribution < -0.4 is 0 Å². The van der Waals surface area contributed by atoms with Gasteiger partial charge in [-0.05, 0) is 44.9 Å². The molecule has 0 saturated carbocycles. The second-order valence-electron chi connectivity index (χ2n) is 2.46. The first-order chi connectivity index (χ1) is 6.18. The number of amides is 1. The van der Waals surface area contributed by atoms with E-state index in [4.69, 9.17) is 9.47 Å². The molecule has 0 rings (SSSR count). The summed E-state index contributed by atoms with van der Waals surface area (Å²) in [6.45, 7) is 1.15. The predicted molar refractivity (Wildman–Crippen MR) is 56.9 cm³/mol. The molecule has 0 fully saturated rings. The third-order valence-corrected chi connectivity index (χ3v) is 1.71. The fraction of sp³-hybridized carbons (Fsp3) is 0.857. The van der Waals surface area contributed by atoms with E-state index in [1.165, 1.54) is 0 Å². The Morgan fingerprint density at radius 2 is 1.85 bits per heavy atom. The summed E-state index contributed by atoms with van der Waals surface area (Å²) in [7, 11) is 1.67. The topological polar surface area (TPSA) is 38.8 Å². The van der Waals surface area contributed by atoms with Gasteiger partial charge in [0.25, 0.3) is 0 Å². The number of carbonyl (C=O) groups excluding carboxylic acids is 1. The Hall–Kier alpha value is -0.0700. The number of carbonyl (C=O) groups is 1. The molecule has 6 heteroatoms. The highest BCUT2D eigenvalue weighted by Crippen LogP contribution is 2.02. The lowest BCUT2D eigenvalue weighted by molar-refractivity contribution is 0.138. The van der Waals surface area contributed by atoms with Crippen molar-refractivity contribution in [3.05, 3.63) is 0 Å². The Morgan fingerprint density at radius 1 is 1.23 bits per heavy atom. The first kappa shape index (κ1) is 12.9. The van der Waals surface area contributed by atoms with E-state index in [2.05, 4.69) is 25.6 Å². The SMILES string of the molecule is COCCCCCOC(=O)N(S)S. The summed E-state index contributed by atoms with van der Waals surface area (Å²) in [5.41, 5.74) is 0. The molecule has 0 aliphatic rings. The van der Waals surface area contributed by atoms with Gasteiger partial charge in [-0.15, -0.1) is 0 Å². The molecule has 0 radical (unpaired) electrons. The molecule has 1 amide bonds. The molecule has 0 bridgehead atoms. The Bertz CT molecular complexity index is 144. The quantitative estimate of drug-likeness (QED) is 0.536. The van der Waals surface area contributed by atoms with Gasteiger partial charge in [-0.2, -0.15) is 3.71 Å². The molecule has 0 aromatic carbocycles. The van der Waals surface area contributed by atoms with Gasteiger partial charge in [-0.25, -0.2) is 4.79 Å². The van der Waals surface area contributed by atoms with Crippen LogP contribution in [0.1, 0.15) is 19.3 Å². The average molecular weight is 225 g/mol. The minimum atomic E-state index is -0.543. The van der Waals surface area contributed by atoms with E-state index in [-0.39, 0.29) is 0 Å². The van der Waals surface area contributed by atoms with E-state index in [0.717, 1.165) is 29.6 Å². The van der Waals surface area contributed by atoms with Crippen molar-refractivity contribution in [1.29, 1.82) is 0 Å². The van der Waals surface area contributed by atoms with E-state index in [9.17, 15) is 4.79 Å². The van der Waals surface area contributed by atoms with Gasteiger partial charge in [0.15, 0.2) is 0 Å². The highest BCUT2D eigenvalue weighted by atomic mass is 32.2. The molecule has 0 unspecified atom stereocenters. The van der Waals surface area contributed by atoms with Gasteiger partial charge in [0, 0.05) is 13.7 Å². The van der Waals surface area contributed by atoms with Crippen LogP contribution in [0.15, 0.2) is 0 Å².